The van der Waals surface area contributed by atoms with E-state index in [1.54, 1.807) is 6.20 Å². The van der Waals surface area contributed by atoms with Gasteiger partial charge in [0.2, 0.25) is 0 Å². The number of hydrogen-bond donors (Lipinski definition) is 2. The fourth-order valence-corrected chi connectivity index (χ4v) is 2.49. The topological polar surface area (TPSA) is 50.9 Å². The Morgan fingerprint density at radius 2 is 1.95 bits per heavy atom. The van der Waals surface area contributed by atoms with Crippen LogP contribution >= 0.6 is 11.6 Å². The third-order valence-corrected chi connectivity index (χ3v) is 3.53. The molecule has 0 atom stereocenters. The Morgan fingerprint density at radius 3 is 2.71 bits per heavy atom. The smallest absolute Gasteiger partial charge is 0.123 e. The first-order valence-electron chi connectivity index (χ1n) is 6.49. The maximum Gasteiger partial charge on any atom is 0.123 e. The van der Waals surface area contributed by atoms with Crippen LogP contribution in [0.3, 0.4) is 0 Å². The number of allylic oxidation sites excluding steroid dienone is 3. The van der Waals surface area contributed by atoms with Gasteiger partial charge in [0.1, 0.15) is 5.82 Å². The van der Waals surface area contributed by atoms with Gasteiger partial charge in [0.15, 0.2) is 0 Å². The minimum Gasteiger partial charge on any atom is -0.384 e. The molecular formula is C17H14ClN3. The quantitative estimate of drug-likeness (QED) is 0.884. The number of pyridine rings is 1. The summed E-state index contributed by atoms with van der Waals surface area (Å²) in [5, 5.41) is 3.94. The van der Waals surface area contributed by atoms with E-state index in [1.165, 1.54) is 0 Å². The van der Waals surface area contributed by atoms with Crippen LogP contribution in [0.4, 0.5) is 5.82 Å². The van der Waals surface area contributed by atoms with Gasteiger partial charge in [-0.25, -0.2) is 4.98 Å². The molecule has 3 nitrogen and oxygen atoms in total. The van der Waals surface area contributed by atoms with Crippen molar-refractivity contribution in [1.82, 2.24) is 10.3 Å². The Bertz CT molecular complexity index is 775. The van der Waals surface area contributed by atoms with Gasteiger partial charge < -0.3 is 11.1 Å². The molecule has 0 aliphatic carbocycles. The first kappa shape index (κ1) is 13.5. The summed E-state index contributed by atoms with van der Waals surface area (Å²) < 4.78 is 0. The monoisotopic (exact) mass is 295 g/mol. The van der Waals surface area contributed by atoms with Crippen LogP contribution in [0.5, 0.6) is 0 Å². The normalized spacial score (nSPS) is 14.2. The SMILES string of the molecule is C=C1C=C(c2ccnc(N)c2)C=C(c2ccccc2Cl)N1. The van der Waals surface area contributed by atoms with Crippen molar-refractivity contribution in [3.63, 3.8) is 0 Å². The predicted molar refractivity (Wildman–Crippen MR) is 88.3 cm³/mol. The van der Waals surface area contributed by atoms with Crippen LogP contribution in [0.1, 0.15) is 11.1 Å². The van der Waals surface area contributed by atoms with Crippen molar-refractivity contribution in [3.8, 4) is 0 Å². The van der Waals surface area contributed by atoms with Crippen molar-refractivity contribution >= 4 is 28.7 Å². The highest BCUT2D eigenvalue weighted by Gasteiger charge is 2.13. The van der Waals surface area contributed by atoms with Gasteiger partial charge in [-0.05, 0) is 41.5 Å². The molecule has 0 saturated carbocycles. The molecule has 104 valence electrons. The maximum atomic E-state index is 6.26. The fourth-order valence-electron chi connectivity index (χ4n) is 2.25. The lowest BCUT2D eigenvalue weighted by atomic mass is 9.99. The molecule has 0 saturated heterocycles. The van der Waals surface area contributed by atoms with Gasteiger partial charge in [0.25, 0.3) is 0 Å². The third kappa shape index (κ3) is 2.83. The molecule has 1 aliphatic rings. The van der Waals surface area contributed by atoms with Crippen molar-refractivity contribution < 1.29 is 0 Å². The number of hydrogen-bond acceptors (Lipinski definition) is 3. The van der Waals surface area contributed by atoms with E-state index in [2.05, 4.69) is 16.9 Å². The van der Waals surface area contributed by atoms with Crippen LogP contribution in [0.25, 0.3) is 11.3 Å². The fraction of sp³-hybridized carbons (Fsp3) is 0. The summed E-state index contributed by atoms with van der Waals surface area (Å²) in [6, 6.07) is 11.5. The number of nitrogens with one attached hydrogen (secondary N) is 1. The summed E-state index contributed by atoms with van der Waals surface area (Å²) in [6.45, 7) is 4.00. The lowest BCUT2D eigenvalue weighted by Gasteiger charge is -2.19. The Labute approximate surface area is 128 Å². The largest absolute Gasteiger partial charge is 0.384 e. The lowest BCUT2D eigenvalue weighted by Crippen LogP contribution is -2.14. The number of dihydropyridines is 1. The Hall–Kier alpha value is -2.52. The number of rotatable bonds is 2. The van der Waals surface area contributed by atoms with E-state index in [0.29, 0.717) is 10.8 Å². The van der Waals surface area contributed by atoms with Gasteiger partial charge >= 0.3 is 0 Å². The first-order chi connectivity index (χ1) is 10.1. The maximum absolute atomic E-state index is 6.26. The van der Waals surface area contributed by atoms with Crippen LogP contribution in [0.15, 0.2) is 67.0 Å². The summed E-state index contributed by atoms with van der Waals surface area (Å²) in [4.78, 5) is 4.02. The summed E-state index contributed by atoms with van der Waals surface area (Å²) in [6.07, 6.45) is 5.69. The average molecular weight is 296 g/mol. The number of halogens is 1. The van der Waals surface area contributed by atoms with E-state index in [4.69, 9.17) is 17.3 Å². The second kappa shape index (κ2) is 5.46. The van der Waals surface area contributed by atoms with Crippen LogP contribution in [0.2, 0.25) is 5.02 Å². The van der Waals surface area contributed by atoms with E-state index in [9.17, 15) is 0 Å². The van der Waals surface area contributed by atoms with Crippen LogP contribution in [-0.4, -0.2) is 4.98 Å². The van der Waals surface area contributed by atoms with Gasteiger partial charge in [-0.3, -0.25) is 0 Å². The number of nitrogens with zero attached hydrogens (tertiary/aromatic N) is 1. The molecule has 0 amide bonds. The third-order valence-electron chi connectivity index (χ3n) is 3.20. The second-order valence-electron chi connectivity index (χ2n) is 4.76. The number of anilines is 1. The summed E-state index contributed by atoms with van der Waals surface area (Å²) >= 11 is 6.26. The number of nitrogen functional groups attached to an aromatic ring is 1. The Balaban J connectivity index is 2.06. The molecule has 0 unspecified atom stereocenters. The van der Waals surface area contributed by atoms with Crippen molar-refractivity contribution in [2.24, 2.45) is 0 Å². The highest BCUT2D eigenvalue weighted by atomic mass is 35.5. The van der Waals surface area contributed by atoms with Gasteiger partial charge in [-0.2, -0.15) is 0 Å². The van der Waals surface area contributed by atoms with E-state index >= 15 is 0 Å². The molecule has 2 heterocycles. The Kier molecular flexibility index (Phi) is 3.50. The minimum absolute atomic E-state index is 0.491. The van der Waals surface area contributed by atoms with Crippen molar-refractivity contribution in [2.75, 3.05) is 5.73 Å². The lowest BCUT2D eigenvalue weighted by molar-refractivity contribution is 1.13. The van der Waals surface area contributed by atoms with E-state index in [0.717, 1.165) is 28.1 Å². The molecule has 0 radical (unpaired) electrons. The predicted octanol–water partition coefficient (Wildman–Crippen LogP) is 3.86. The minimum atomic E-state index is 0.491. The van der Waals surface area contributed by atoms with Crippen molar-refractivity contribution in [1.29, 1.82) is 0 Å². The first-order valence-corrected chi connectivity index (χ1v) is 6.87. The number of benzene rings is 1. The molecule has 0 spiro atoms. The highest BCUT2D eigenvalue weighted by Crippen LogP contribution is 2.30. The van der Waals surface area contributed by atoms with Crippen LogP contribution < -0.4 is 11.1 Å². The van der Waals surface area contributed by atoms with Crippen LogP contribution in [-0.2, 0) is 0 Å². The van der Waals surface area contributed by atoms with E-state index < -0.39 is 0 Å². The molecule has 3 rings (SSSR count). The molecule has 21 heavy (non-hydrogen) atoms. The zero-order valence-corrected chi connectivity index (χ0v) is 12.1. The molecule has 1 aliphatic heterocycles. The molecule has 4 heteroatoms. The average Bonchev–Trinajstić information content (AvgIpc) is 2.47. The molecule has 2 aromatic rings. The van der Waals surface area contributed by atoms with E-state index in [1.807, 2.05) is 48.6 Å². The number of nitrogens with two attached hydrogens (primary N) is 1. The molecule has 1 aromatic carbocycles. The summed E-state index contributed by atoms with van der Waals surface area (Å²) in [5.74, 6) is 0.491. The summed E-state index contributed by atoms with van der Waals surface area (Å²) in [5.41, 5.74) is 10.4. The van der Waals surface area contributed by atoms with Gasteiger partial charge in [0.05, 0.1) is 0 Å². The Morgan fingerprint density at radius 1 is 1.14 bits per heavy atom. The highest BCUT2D eigenvalue weighted by molar-refractivity contribution is 6.32. The zero-order chi connectivity index (χ0) is 14.8. The second-order valence-corrected chi connectivity index (χ2v) is 5.16. The molecule has 1 aromatic heterocycles. The van der Waals surface area contributed by atoms with Gasteiger partial charge in [0, 0.05) is 28.2 Å². The molecule has 3 N–H and O–H groups in total. The molecular weight excluding hydrogens is 282 g/mol. The molecule has 0 fully saturated rings. The van der Waals surface area contributed by atoms with Gasteiger partial charge in [-0.15, -0.1) is 0 Å². The standard InChI is InChI=1S/C17H14ClN3/c1-11-8-13(12-6-7-20-17(19)10-12)9-16(21-11)14-4-2-3-5-15(14)18/h2-10,21H,1H2,(H2,19,20). The zero-order valence-electron chi connectivity index (χ0n) is 11.3. The number of aromatic nitrogens is 1. The van der Waals surface area contributed by atoms with Crippen LogP contribution in [0, 0.1) is 0 Å². The molecule has 0 bridgehead atoms. The van der Waals surface area contributed by atoms with Crippen molar-refractivity contribution in [2.45, 2.75) is 0 Å². The summed E-state index contributed by atoms with van der Waals surface area (Å²) in [7, 11) is 0. The van der Waals surface area contributed by atoms with Gasteiger partial charge in [-0.1, -0.05) is 36.4 Å². The van der Waals surface area contributed by atoms with Crippen molar-refractivity contribution in [3.05, 3.63) is 83.2 Å². The van der Waals surface area contributed by atoms with E-state index in [-0.39, 0.29) is 0 Å².